The molecule has 0 aromatic heterocycles. The molecule has 478 valence electrons. The highest BCUT2D eigenvalue weighted by molar-refractivity contribution is 5.72. The Kier molecular flexibility index (Phi) is 47.9. The smallest absolute Gasteiger partial charge is 0.344 e. The molecule has 0 saturated carbocycles. The zero-order chi connectivity index (χ0) is 60.8. The van der Waals surface area contributed by atoms with Crippen LogP contribution in [0.2, 0.25) is 0 Å². The maximum atomic E-state index is 12.6. The topological polar surface area (TPSA) is 237 Å². The molecule has 0 radical (unpaired) electrons. The summed E-state index contributed by atoms with van der Waals surface area (Å²) in [6, 6.07) is 6.71. The molecule has 0 saturated heterocycles. The van der Waals surface area contributed by atoms with Gasteiger partial charge in [0.1, 0.15) is 35.2 Å². The van der Waals surface area contributed by atoms with Gasteiger partial charge in [-0.1, -0.05) is 17.8 Å². The van der Waals surface area contributed by atoms with Crippen LogP contribution in [0, 0.1) is 30.6 Å². The largest absolute Gasteiger partial charge is 0.484 e. The van der Waals surface area contributed by atoms with Crippen molar-refractivity contribution in [3.8, 4) is 46.7 Å². The Labute approximate surface area is 497 Å². The van der Waals surface area contributed by atoms with E-state index in [0.717, 1.165) is 0 Å². The minimum atomic E-state index is -0.701. The number of methoxy groups -OCH3 is 4. The van der Waals surface area contributed by atoms with Crippen molar-refractivity contribution >= 4 is 11.9 Å². The minimum absolute atomic E-state index is 0.0820. The Balaban J connectivity index is 2.67. The average Bonchev–Trinajstić information content (AvgIpc) is 3.69. The number of carbonyl (C=O) groups is 2. The highest BCUT2D eigenvalue weighted by atomic mass is 16.6. The van der Waals surface area contributed by atoms with Crippen LogP contribution in [0.3, 0.4) is 0 Å². The van der Waals surface area contributed by atoms with Gasteiger partial charge in [-0.25, -0.2) is 9.59 Å². The molecule has 0 aliphatic heterocycles. The van der Waals surface area contributed by atoms with Gasteiger partial charge in [0.15, 0.2) is 13.2 Å². The second-order valence-corrected chi connectivity index (χ2v) is 17.4. The van der Waals surface area contributed by atoms with E-state index in [-0.39, 0.29) is 78.4 Å². The highest BCUT2D eigenvalue weighted by Crippen LogP contribution is 2.32. The lowest BCUT2D eigenvalue weighted by atomic mass is 10.1. The number of aryl methyl sites for hydroxylation is 1. The molecule has 0 atom stereocenters. The maximum absolute atomic E-state index is 12.6. The van der Waals surface area contributed by atoms with Crippen molar-refractivity contribution in [2.75, 3.05) is 240 Å². The molecule has 0 aliphatic rings. The van der Waals surface area contributed by atoms with Crippen molar-refractivity contribution in [2.45, 2.75) is 39.9 Å². The molecule has 2 aromatic rings. The normalized spacial score (nSPS) is 11.1. The highest BCUT2D eigenvalue weighted by Gasteiger charge is 2.21. The minimum Gasteiger partial charge on any atom is -0.484 e. The van der Waals surface area contributed by atoms with E-state index in [9.17, 15) is 9.59 Å². The predicted molar refractivity (Wildman–Crippen MR) is 307 cm³/mol. The van der Waals surface area contributed by atoms with E-state index < -0.39 is 30.8 Å². The van der Waals surface area contributed by atoms with Crippen molar-refractivity contribution in [3.63, 3.8) is 0 Å². The van der Waals surface area contributed by atoms with Crippen LogP contribution in [0.1, 0.15) is 43.0 Å². The third-order valence-corrected chi connectivity index (χ3v) is 10.8. The Hall–Kier alpha value is -4.94. The predicted octanol–water partition coefficient (Wildman–Crippen LogP) is 3.93. The summed E-state index contributed by atoms with van der Waals surface area (Å²) in [6.45, 7) is 16.0. The maximum Gasteiger partial charge on any atom is 0.344 e. The van der Waals surface area contributed by atoms with Gasteiger partial charge in [0.25, 0.3) is 0 Å². The molecule has 0 N–H and O–H groups in total. The third kappa shape index (κ3) is 38.9. The first kappa shape index (κ1) is 75.2. The first-order chi connectivity index (χ1) is 41.2. The van der Waals surface area contributed by atoms with Crippen LogP contribution in [0.15, 0.2) is 24.3 Å². The standard InChI is InChI=1S/C60H94O24/c1-9-12-50-41-58(84-54(45-77-37-33-73-29-25-69-21-17-65-7)46-78-38-34-74-30-26-70-22-18-66-8)52(14-13-51-40-55(81-47-59(61)79-10-2)49(4)39-56(51)82-48-60(62)80-11-3)42-57(50)83-53(43-75-35-31-71-27-23-67-19-15-63-5)44-76-36-32-72-28-24-68-20-16-64-6/h39-42,53-54H,10-11,15-38,43-48H2,1-8H3. The third-order valence-electron chi connectivity index (χ3n) is 10.8. The molecular formula is C60H94O24. The van der Waals surface area contributed by atoms with Crippen LogP contribution in [0.5, 0.6) is 23.0 Å². The van der Waals surface area contributed by atoms with Crippen LogP contribution >= 0.6 is 0 Å². The fourth-order valence-electron chi connectivity index (χ4n) is 6.71. The van der Waals surface area contributed by atoms with E-state index in [1.54, 1.807) is 80.4 Å². The first-order valence-corrected chi connectivity index (χ1v) is 28.3. The summed E-state index contributed by atoms with van der Waals surface area (Å²) in [4.78, 5) is 24.9. The number of hydrogen-bond acceptors (Lipinski definition) is 24. The van der Waals surface area contributed by atoms with Crippen molar-refractivity contribution in [1.29, 1.82) is 0 Å². The average molecular weight is 1200 g/mol. The zero-order valence-corrected chi connectivity index (χ0v) is 50.9. The van der Waals surface area contributed by atoms with Gasteiger partial charge in [-0.15, -0.1) is 5.92 Å². The van der Waals surface area contributed by atoms with E-state index >= 15 is 0 Å². The number of esters is 2. The van der Waals surface area contributed by atoms with E-state index in [4.69, 9.17) is 104 Å². The molecule has 0 spiro atoms. The molecule has 2 aromatic carbocycles. The van der Waals surface area contributed by atoms with Gasteiger partial charge in [0.2, 0.25) is 0 Å². The first-order valence-electron chi connectivity index (χ1n) is 28.3. The van der Waals surface area contributed by atoms with Crippen LogP contribution in [-0.4, -0.2) is 264 Å². The molecule has 24 nitrogen and oxygen atoms in total. The van der Waals surface area contributed by atoms with Gasteiger partial charge in [0.05, 0.1) is 215 Å². The summed E-state index contributed by atoms with van der Waals surface area (Å²) < 4.78 is 125. The van der Waals surface area contributed by atoms with Crippen LogP contribution < -0.4 is 18.9 Å². The number of rotatable bonds is 56. The second-order valence-electron chi connectivity index (χ2n) is 17.4. The van der Waals surface area contributed by atoms with E-state index in [0.29, 0.717) is 172 Å². The summed E-state index contributed by atoms with van der Waals surface area (Å²) in [5.74, 6) is 12.7. The number of carbonyl (C=O) groups excluding carboxylic acids is 2. The molecule has 0 bridgehead atoms. The monoisotopic (exact) mass is 1200 g/mol. The Morgan fingerprint density at radius 2 is 0.643 bits per heavy atom. The SMILES string of the molecule is CC#Cc1cc(OC(COCCOCCOCCOC)COCCOCCOCCOC)c(C#Cc2cc(OCC(=O)OCC)c(C)cc2OCC(=O)OCC)cc1OC(COCCOCCOCCOC)COCCOCCOCCOC. The number of benzene rings is 2. The van der Waals surface area contributed by atoms with Gasteiger partial charge >= 0.3 is 11.9 Å². The fraction of sp³-hybridized carbons (Fsp3) is 0.700. The molecule has 84 heavy (non-hydrogen) atoms. The number of hydrogen-bond donors (Lipinski definition) is 0. The Morgan fingerprint density at radius 3 is 0.952 bits per heavy atom. The molecule has 2 rings (SSSR count). The van der Waals surface area contributed by atoms with E-state index in [1.165, 1.54) is 0 Å². The van der Waals surface area contributed by atoms with Crippen LogP contribution in [-0.2, 0) is 94.9 Å². The van der Waals surface area contributed by atoms with Crippen molar-refractivity contribution in [2.24, 2.45) is 0 Å². The van der Waals surface area contributed by atoms with Gasteiger partial charge < -0.3 is 104 Å². The van der Waals surface area contributed by atoms with Gasteiger partial charge in [-0.2, -0.15) is 0 Å². The quantitative estimate of drug-likeness (QED) is 0.0518. The van der Waals surface area contributed by atoms with Crippen LogP contribution in [0.25, 0.3) is 0 Å². The summed E-state index contributed by atoms with van der Waals surface area (Å²) in [5.41, 5.74) is 1.71. The summed E-state index contributed by atoms with van der Waals surface area (Å²) in [7, 11) is 6.46. The Bertz CT molecular complexity index is 2040. The lowest BCUT2D eigenvalue weighted by molar-refractivity contribution is -0.146. The van der Waals surface area contributed by atoms with Gasteiger partial charge in [-0.05, 0) is 45.4 Å². The van der Waals surface area contributed by atoms with E-state index in [2.05, 4.69) is 23.7 Å². The second kappa shape index (κ2) is 53.5. The molecule has 0 fully saturated rings. The number of ether oxygens (including phenoxy) is 22. The fourth-order valence-corrected chi connectivity index (χ4v) is 6.71. The molecule has 24 heteroatoms. The molecule has 0 heterocycles. The summed E-state index contributed by atoms with van der Waals surface area (Å²) in [6.07, 6.45) is -1.37. The summed E-state index contributed by atoms with van der Waals surface area (Å²) in [5, 5.41) is 0. The molecular weight excluding hydrogens is 1100 g/mol. The lowest BCUT2D eigenvalue weighted by Crippen LogP contribution is -2.31. The van der Waals surface area contributed by atoms with Crippen molar-refractivity contribution in [3.05, 3.63) is 46.5 Å². The van der Waals surface area contributed by atoms with Gasteiger partial charge in [0, 0.05) is 40.6 Å². The van der Waals surface area contributed by atoms with Crippen LogP contribution in [0.4, 0.5) is 0 Å². The van der Waals surface area contributed by atoms with E-state index in [1.807, 2.05) is 0 Å². The summed E-state index contributed by atoms with van der Waals surface area (Å²) >= 11 is 0. The van der Waals surface area contributed by atoms with Crippen molar-refractivity contribution < 1.29 is 114 Å². The van der Waals surface area contributed by atoms with Crippen molar-refractivity contribution in [1.82, 2.24) is 0 Å². The molecule has 0 aliphatic carbocycles. The lowest BCUT2D eigenvalue weighted by Gasteiger charge is -2.23. The van der Waals surface area contributed by atoms with Gasteiger partial charge in [-0.3, -0.25) is 0 Å². The Morgan fingerprint density at radius 1 is 0.369 bits per heavy atom. The molecule has 0 unspecified atom stereocenters. The zero-order valence-electron chi connectivity index (χ0n) is 50.9. The molecule has 0 amide bonds.